The lowest BCUT2D eigenvalue weighted by Gasteiger charge is -2.18. The van der Waals surface area contributed by atoms with Gasteiger partial charge in [-0.05, 0) is 20.8 Å². The number of aromatic nitrogens is 1. The molecule has 0 fully saturated rings. The zero-order valence-corrected chi connectivity index (χ0v) is 10.1. The largest absolute Gasteiger partial charge is 0.354 e. The maximum Gasteiger partial charge on any atom is 0.226 e. The number of nitrogens with zero attached hydrogens (tertiary/aromatic N) is 1. The molecule has 0 bridgehead atoms. The molecule has 5 heteroatoms. The molecule has 1 aromatic heterocycles. The molecule has 84 valence electrons. The van der Waals surface area contributed by atoms with Crippen LogP contribution in [0.5, 0.6) is 0 Å². The van der Waals surface area contributed by atoms with E-state index in [4.69, 9.17) is 5.73 Å². The molecule has 0 radical (unpaired) electrons. The highest BCUT2D eigenvalue weighted by molar-refractivity contribution is 7.09. The molecule has 4 nitrogen and oxygen atoms in total. The fourth-order valence-electron chi connectivity index (χ4n) is 1.04. The van der Waals surface area contributed by atoms with Crippen molar-refractivity contribution in [2.45, 2.75) is 32.7 Å². The van der Waals surface area contributed by atoms with Crippen LogP contribution in [0.25, 0.3) is 0 Å². The summed E-state index contributed by atoms with van der Waals surface area (Å²) in [5, 5.41) is 5.67. The van der Waals surface area contributed by atoms with Crippen LogP contribution in [0.1, 0.15) is 24.5 Å². The van der Waals surface area contributed by atoms with Crippen LogP contribution in [0.2, 0.25) is 0 Å². The van der Waals surface area contributed by atoms with Gasteiger partial charge in [0.15, 0.2) is 0 Å². The van der Waals surface area contributed by atoms with Gasteiger partial charge >= 0.3 is 0 Å². The van der Waals surface area contributed by atoms with E-state index in [1.807, 2.05) is 26.2 Å². The third-order valence-corrected chi connectivity index (χ3v) is 2.57. The summed E-state index contributed by atoms with van der Waals surface area (Å²) in [5.74, 6) is -0.0289. The summed E-state index contributed by atoms with van der Waals surface area (Å²) in [6, 6.07) is 0. The lowest BCUT2D eigenvalue weighted by molar-refractivity contribution is -0.120. The van der Waals surface area contributed by atoms with Crippen molar-refractivity contribution < 1.29 is 4.79 Å². The van der Waals surface area contributed by atoms with Crippen LogP contribution in [0.4, 0.5) is 0 Å². The predicted molar refractivity (Wildman–Crippen MR) is 61.8 cm³/mol. The van der Waals surface area contributed by atoms with Gasteiger partial charge in [-0.25, -0.2) is 4.98 Å². The third-order valence-electron chi connectivity index (χ3n) is 1.75. The minimum absolute atomic E-state index is 0.0289. The van der Waals surface area contributed by atoms with Crippen LogP contribution < -0.4 is 11.1 Å². The quantitative estimate of drug-likeness (QED) is 0.801. The molecule has 0 aliphatic carbocycles. The standard InChI is InChI=1S/C10H17N3OS/c1-7-13-8(5-15-7)4-9(14)12-6-10(2,3)11/h5H,4,6,11H2,1-3H3,(H,12,14). The van der Waals surface area contributed by atoms with Gasteiger partial charge in [0, 0.05) is 17.5 Å². The van der Waals surface area contributed by atoms with Crippen molar-refractivity contribution >= 4 is 17.2 Å². The summed E-state index contributed by atoms with van der Waals surface area (Å²) < 4.78 is 0. The maximum absolute atomic E-state index is 11.5. The van der Waals surface area contributed by atoms with Crippen LogP contribution in [0, 0.1) is 6.92 Å². The van der Waals surface area contributed by atoms with Crippen LogP contribution in [0.3, 0.4) is 0 Å². The molecule has 0 saturated carbocycles. The van der Waals surface area contributed by atoms with Crippen molar-refractivity contribution in [2.24, 2.45) is 5.73 Å². The summed E-state index contributed by atoms with van der Waals surface area (Å²) >= 11 is 1.55. The third kappa shape index (κ3) is 4.90. The van der Waals surface area contributed by atoms with Crippen molar-refractivity contribution in [3.05, 3.63) is 16.1 Å². The minimum Gasteiger partial charge on any atom is -0.354 e. The van der Waals surface area contributed by atoms with Gasteiger partial charge in [-0.3, -0.25) is 4.79 Å². The second kappa shape index (κ2) is 4.72. The second-order valence-corrected chi connectivity index (χ2v) is 5.36. The highest BCUT2D eigenvalue weighted by Gasteiger charge is 2.13. The highest BCUT2D eigenvalue weighted by Crippen LogP contribution is 2.08. The molecule has 1 aromatic rings. The van der Waals surface area contributed by atoms with E-state index in [-0.39, 0.29) is 11.4 Å². The Bertz CT molecular complexity index is 341. The topological polar surface area (TPSA) is 68.0 Å². The highest BCUT2D eigenvalue weighted by atomic mass is 32.1. The average molecular weight is 227 g/mol. The Labute approximate surface area is 93.9 Å². The second-order valence-electron chi connectivity index (χ2n) is 4.30. The van der Waals surface area contributed by atoms with Crippen LogP contribution in [0.15, 0.2) is 5.38 Å². The van der Waals surface area contributed by atoms with Gasteiger partial charge < -0.3 is 11.1 Å². The van der Waals surface area contributed by atoms with Gasteiger partial charge in [-0.1, -0.05) is 0 Å². The van der Waals surface area contributed by atoms with E-state index in [1.165, 1.54) is 0 Å². The maximum atomic E-state index is 11.5. The van der Waals surface area contributed by atoms with Crippen molar-refractivity contribution in [1.82, 2.24) is 10.3 Å². The monoisotopic (exact) mass is 227 g/mol. The van der Waals surface area contributed by atoms with Gasteiger partial charge in [0.05, 0.1) is 17.1 Å². The summed E-state index contributed by atoms with van der Waals surface area (Å²) in [4.78, 5) is 15.7. The molecule has 0 aromatic carbocycles. The molecule has 1 amide bonds. The van der Waals surface area contributed by atoms with Crippen molar-refractivity contribution in [2.75, 3.05) is 6.54 Å². The van der Waals surface area contributed by atoms with E-state index < -0.39 is 0 Å². The predicted octanol–water partition coefficient (Wildman–Crippen LogP) is 0.848. The Balaban J connectivity index is 2.37. The van der Waals surface area contributed by atoms with Gasteiger partial charge in [-0.15, -0.1) is 11.3 Å². The zero-order chi connectivity index (χ0) is 11.5. The van der Waals surface area contributed by atoms with Crippen molar-refractivity contribution in [3.8, 4) is 0 Å². The van der Waals surface area contributed by atoms with Gasteiger partial charge in [0.25, 0.3) is 0 Å². The number of aryl methyl sites for hydroxylation is 1. The SMILES string of the molecule is Cc1nc(CC(=O)NCC(C)(C)N)cs1. The van der Waals surface area contributed by atoms with E-state index in [0.29, 0.717) is 13.0 Å². The van der Waals surface area contributed by atoms with E-state index in [2.05, 4.69) is 10.3 Å². The molecule has 0 saturated heterocycles. The molecule has 1 rings (SSSR count). The summed E-state index contributed by atoms with van der Waals surface area (Å²) in [6.07, 6.45) is 0.334. The zero-order valence-electron chi connectivity index (χ0n) is 9.33. The van der Waals surface area contributed by atoms with Gasteiger partial charge in [0.2, 0.25) is 5.91 Å². The summed E-state index contributed by atoms with van der Waals surface area (Å²) in [5.41, 5.74) is 6.21. The number of carbonyl (C=O) groups is 1. The average Bonchev–Trinajstić information content (AvgIpc) is 2.47. The normalized spacial score (nSPS) is 11.5. The lowest BCUT2D eigenvalue weighted by atomic mass is 10.1. The minimum atomic E-state index is -0.367. The smallest absolute Gasteiger partial charge is 0.226 e. The number of amides is 1. The molecule has 0 aliphatic rings. The first-order chi connectivity index (χ1) is 6.87. The Morgan fingerprint density at radius 3 is 2.80 bits per heavy atom. The van der Waals surface area contributed by atoms with E-state index in [1.54, 1.807) is 11.3 Å². The number of hydrogen-bond donors (Lipinski definition) is 2. The summed E-state index contributed by atoms with van der Waals surface area (Å²) in [7, 11) is 0. The van der Waals surface area contributed by atoms with Crippen LogP contribution in [-0.4, -0.2) is 23.0 Å². The number of rotatable bonds is 4. The number of nitrogens with two attached hydrogens (primary N) is 1. The number of nitrogens with one attached hydrogen (secondary N) is 1. The first-order valence-corrected chi connectivity index (χ1v) is 5.71. The number of carbonyl (C=O) groups excluding carboxylic acids is 1. The lowest BCUT2D eigenvalue weighted by Crippen LogP contribution is -2.45. The molecule has 0 spiro atoms. The Morgan fingerprint density at radius 1 is 1.67 bits per heavy atom. The first-order valence-electron chi connectivity index (χ1n) is 4.83. The van der Waals surface area contributed by atoms with E-state index in [9.17, 15) is 4.79 Å². The Morgan fingerprint density at radius 2 is 2.33 bits per heavy atom. The molecular formula is C10H17N3OS. The molecule has 0 aliphatic heterocycles. The fraction of sp³-hybridized carbons (Fsp3) is 0.600. The van der Waals surface area contributed by atoms with Gasteiger partial charge in [-0.2, -0.15) is 0 Å². The van der Waals surface area contributed by atoms with E-state index in [0.717, 1.165) is 10.7 Å². The van der Waals surface area contributed by atoms with Crippen molar-refractivity contribution in [3.63, 3.8) is 0 Å². The Kier molecular flexibility index (Phi) is 3.82. The molecule has 1 heterocycles. The molecule has 15 heavy (non-hydrogen) atoms. The Hall–Kier alpha value is -0.940. The van der Waals surface area contributed by atoms with Crippen LogP contribution in [-0.2, 0) is 11.2 Å². The molecule has 0 atom stereocenters. The fourth-order valence-corrected chi connectivity index (χ4v) is 1.66. The summed E-state index contributed by atoms with van der Waals surface area (Å²) in [6.45, 7) is 6.16. The van der Waals surface area contributed by atoms with E-state index >= 15 is 0 Å². The number of thiazole rings is 1. The molecule has 0 unspecified atom stereocenters. The van der Waals surface area contributed by atoms with Crippen molar-refractivity contribution in [1.29, 1.82) is 0 Å². The van der Waals surface area contributed by atoms with Crippen LogP contribution >= 0.6 is 11.3 Å². The first kappa shape index (κ1) is 12.1. The molecule has 3 N–H and O–H groups in total. The van der Waals surface area contributed by atoms with Gasteiger partial charge in [0.1, 0.15) is 0 Å². The number of hydrogen-bond acceptors (Lipinski definition) is 4. The molecular weight excluding hydrogens is 210 g/mol.